The quantitative estimate of drug-likeness (QED) is 0.512. The van der Waals surface area contributed by atoms with Crippen molar-refractivity contribution in [2.75, 3.05) is 0 Å². The van der Waals surface area contributed by atoms with E-state index < -0.39 is 0 Å². The van der Waals surface area contributed by atoms with Crippen LogP contribution in [0.15, 0.2) is 36.4 Å². The van der Waals surface area contributed by atoms with Gasteiger partial charge in [-0.1, -0.05) is 24.1 Å². The molecule has 0 aliphatic carbocycles. The Hall–Kier alpha value is -1.85. The van der Waals surface area contributed by atoms with Crippen molar-refractivity contribution in [1.82, 2.24) is 9.97 Å². The molecule has 0 spiro atoms. The zero-order valence-corrected chi connectivity index (χ0v) is 9.49. The maximum Gasteiger partial charge on any atom is 0.223 e. The topological polar surface area (TPSA) is 25.8 Å². The number of hydrogen-bond acceptors (Lipinski definition) is 2. The molecule has 16 heavy (non-hydrogen) atoms. The molecule has 2 nitrogen and oxygen atoms in total. The fraction of sp³-hybridized carbons (Fsp3) is 0.0769. The third-order valence-electron chi connectivity index (χ3n) is 1.94. The van der Waals surface area contributed by atoms with Crippen LogP contribution in [0, 0.1) is 18.8 Å². The zero-order valence-electron chi connectivity index (χ0n) is 8.74. The summed E-state index contributed by atoms with van der Waals surface area (Å²) in [4.78, 5) is 8.01. The van der Waals surface area contributed by atoms with Gasteiger partial charge >= 0.3 is 0 Å². The van der Waals surface area contributed by atoms with Crippen LogP contribution in [-0.4, -0.2) is 9.97 Å². The third kappa shape index (κ3) is 2.82. The first kappa shape index (κ1) is 10.7. The Balaban J connectivity index is 2.31. The van der Waals surface area contributed by atoms with Gasteiger partial charge in [0.15, 0.2) is 0 Å². The Bertz CT molecular complexity index is 533. The number of aromatic nitrogens is 2. The van der Waals surface area contributed by atoms with Crippen LogP contribution >= 0.6 is 11.6 Å². The van der Waals surface area contributed by atoms with Gasteiger partial charge in [-0.05, 0) is 42.6 Å². The first-order chi connectivity index (χ1) is 7.74. The number of hydrogen-bond donors (Lipinski definition) is 0. The van der Waals surface area contributed by atoms with Crippen LogP contribution in [0.4, 0.5) is 0 Å². The van der Waals surface area contributed by atoms with Crippen molar-refractivity contribution in [3.63, 3.8) is 0 Å². The lowest BCUT2D eigenvalue weighted by atomic mass is 10.2. The molecule has 0 atom stereocenters. The Labute approximate surface area is 99.3 Å². The Morgan fingerprint density at radius 1 is 1.06 bits per heavy atom. The van der Waals surface area contributed by atoms with Gasteiger partial charge in [-0.25, -0.2) is 9.97 Å². The van der Waals surface area contributed by atoms with E-state index in [0.717, 1.165) is 11.3 Å². The second-order valence-corrected chi connectivity index (χ2v) is 3.62. The molecule has 0 saturated carbocycles. The summed E-state index contributed by atoms with van der Waals surface area (Å²) in [7, 11) is 0. The molecule has 2 aromatic rings. The van der Waals surface area contributed by atoms with Crippen molar-refractivity contribution in [3.8, 4) is 11.8 Å². The Kier molecular flexibility index (Phi) is 3.19. The van der Waals surface area contributed by atoms with Crippen molar-refractivity contribution < 1.29 is 0 Å². The molecule has 0 aliphatic heterocycles. The molecular weight excluding hydrogens is 220 g/mol. The number of aryl methyl sites for hydroxylation is 1. The maximum atomic E-state index is 5.74. The van der Waals surface area contributed by atoms with Gasteiger partial charge in [0.25, 0.3) is 0 Å². The molecule has 0 bridgehead atoms. The first-order valence-electron chi connectivity index (χ1n) is 4.82. The zero-order chi connectivity index (χ0) is 11.4. The molecule has 0 fully saturated rings. The number of benzene rings is 1. The lowest BCUT2D eigenvalue weighted by Crippen LogP contribution is -1.90. The average molecular weight is 229 g/mol. The second-order valence-electron chi connectivity index (χ2n) is 3.28. The number of nitrogens with zero attached hydrogens (tertiary/aromatic N) is 2. The standard InChI is InChI=1S/C13H9ClN2/c1-10-9-12(16-13(14)15-10)8-7-11-5-3-2-4-6-11/h2-6,9H,1H3. The molecule has 0 radical (unpaired) electrons. The summed E-state index contributed by atoms with van der Waals surface area (Å²) < 4.78 is 0. The molecular formula is C13H9ClN2. The maximum absolute atomic E-state index is 5.74. The smallest absolute Gasteiger partial charge is 0.223 e. The van der Waals surface area contributed by atoms with Crippen LogP contribution in [-0.2, 0) is 0 Å². The second kappa shape index (κ2) is 4.78. The summed E-state index contributed by atoms with van der Waals surface area (Å²) in [6.07, 6.45) is 0. The Morgan fingerprint density at radius 2 is 1.81 bits per heavy atom. The fourth-order valence-corrected chi connectivity index (χ4v) is 1.48. The van der Waals surface area contributed by atoms with E-state index in [1.807, 2.05) is 43.3 Å². The van der Waals surface area contributed by atoms with E-state index in [4.69, 9.17) is 11.6 Å². The van der Waals surface area contributed by atoms with Gasteiger partial charge in [0.1, 0.15) is 5.69 Å². The largest absolute Gasteiger partial charge is 0.223 e. The summed E-state index contributed by atoms with van der Waals surface area (Å²) in [5, 5.41) is 0.234. The van der Waals surface area contributed by atoms with Crippen LogP contribution in [0.3, 0.4) is 0 Å². The van der Waals surface area contributed by atoms with E-state index in [1.54, 1.807) is 0 Å². The highest BCUT2D eigenvalue weighted by molar-refractivity contribution is 6.28. The van der Waals surface area contributed by atoms with Crippen molar-refractivity contribution in [2.24, 2.45) is 0 Å². The highest BCUT2D eigenvalue weighted by Gasteiger charge is 1.96. The molecule has 0 unspecified atom stereocenters. The monoisotopic (exact) mass is 228 g/mol. The molecule has 1 heterocycles. The minimum absolute atomic E-state index is 0.234. The summed E-state index contributed by atoms with van der Waals surface area (Å²) in [6, 6.07) is 11.6. The van der Waals surface area contributed by atoms with Crippen LogP contribution in [0.2, 0.25) is 5.28 Å². The van der Waals surface area contributed by atoms with Gasteiger partial charge in [0.2, 0.25) is 5.28 Å². The molecule has 0 aliphatic rings. The lowest BCUT2D eigenvalue weighted by molar-refractivity contribution is 1.09. The molecule has 1 aromatic carbocycles. The number of halogens is 1. The predicted octanol–water partition coefficient (Wildman–Crippen LogP) is 2.84. The Morgan fingerprint density at radius 3 is 2.50 bits per heavy atom. The highest BCUT2D eigenvalue weighted by Crippen LogP contribution is 2.04. The summed E-state index contributed by atoms with van der Waals surface area (Å²) in [5.74, 6) is 5.97. The van der Waals surface area contributed by atoms with E-state index in [9.17, 15) is 0 Å². The summed E-state index contributed by atoms with van der Waals surface area (Å²) in [5.41, 5.74) is 2.41. The predicted molar refractivity (Wildman–Crippen MR) is 64.2 cm³/mol. The van der Waals surface area contributed by atoms with Crippen LogP contribution in [0.5, 0.6) is 0 Å². The van der Waals surface area contributed by atoms with E-state index in [1.165, 1.54) is 0 Å². The van der Waals surface area contributed by atoms with E-state index >= 15 is 0 Å². The van der Waals surface area contributed by atoms with Crippen molar-refractivity contribution in [2.45, 2.75) is 6.92 Å². The minimum atomic E-state index is 0.234. The van der Waals surface area contributed by atoms with Gasteiger partial charge in [-0.3, -0.25) is 0 Å². The van der Waals surface area contributed by atoms with Gasteiger partial charge in [-0.15, -0.1) is 0 Å². The fourth-order valence-electron chi connectivity index (χ4n) is 1.25. The molecule has 1 aromatic heterocycles. The minimum Gasteiger partial charge on any atom is -0.223 e. The van der Waals surface area contributed by atoms with Crippen LogP contribution < -0.4 is 0 Å². The van der Waals surface area contributed by atoms with E-state index in [2.05, 4.69) is 21.8 Å². The first-order valence-corrected chi connectivity index (χ1v) is 5.20. The van der Waals surface area contributed by atoms with Crippen LogP contribution in [0.1, 0.15) is 17.0 Å². The molecule has 0 saturated heterocycles. The molecule has 3 heteroatoms. The SMILES string of the molecule is Cc1cc(C#Cc2ccccc2)nc(Cl)n1. The number of rotatable bonds is 0. The lowest BCUT2D eigenvalue weighted by Gasteiger charge is -1.94. The van der Waals surface area contributed by atoms with Gasteiger partial charge in [0, 0.05) is 11.3 Å². The van der Waals surface area contributed by atoms with Crippen molar-refractivity contribution in [3.05, 3.63) is 58.6 Å². The van der Waals surface area contributed by atoms with Crippen molar-refractivity contribution in [1.29, 1.82) is 0 Å². The molecule has 0 amide bonds. The molecule has 2 rings (SSSR count). The van der Waals surface area contributed by atoms with Gasteiger partial charge < -0.3 is 0 Å². The molecule has 0 N–H and O–H groups in total. The highest BCUT2D eigenvalue weighted by atomic mass is 35.5. The third-order valence-corrected chi connectivity index (χ3v) is 2.10. The molecule has 78 valence electrons. The van der Waals surface area contributed by atoms with Gasteiger partial charge in [-0.2, -0.15) is 0 Å². The summed E-state index contributed by atoms with van der Waals surface area (Å²) in [6.45, 7) is 1.86. The van der Waals surface area contributed by atoms with Crippen LogP contribution in [0.25, 0.3) is 0 Å². The average Bonchev–Trinajstić information content (AvgIpc) is 2.27. The normalized spacial score (nSPS) is 9.38. The van der Waals surface area contributed by atoms with Gasteiger partial charge in [0.05, 0.1) is 0 Å². The summed E-state index contributed by atoms with van der Waals surface area (Å²) >= 11 is 5.74. The van der Waals surface area contributed by atoms with E-state index in [-0.39, 0.29) is 5.28 Å². The van der Waals surface area contributed by atoms with E-state index in [0.29, 0.717) is 5.69 Å². The van der Waals surface area contributed by atoms with Crippen molar-refractivity contribution >= 4 is 11.6 Å².